The highest BCUT2D eigenvalue weighted by molar-refractivity contribution is 7.71. The van der Waals surface area contributed by atoms with Crippen LogP contribution in [0, 0.1) is 4.77 Å². The van der Waals surface area contributed by atoms with Crippen molar-refractivity contribution in [2.45, 2.75) is 0 Å². The Morgan fingerprint density at radius 3 is 2.79 bits per heavy atom. The first-order valence-corrected chi connectivity index (χ1v) is 8.07. The minimum atomic E-state index is 0.352. The minimum absolute atomic E-state index is 0.352. The maximum absolute atomic E-state index is 6.18. The van der Waals surface area contributed by atoms with Gasteiger partial charge in [0.2, 0.25) is 4.77 Å². The normalized spacial score (nSPS) is 11.1. The third kappa shape index (κ3) is 3.21. The van der Waals surface area contributed by atoms with E-state index in [1.54, 1.807) is 25.5 Å². The molecular weight excluding hydrogens is 367 g/mol. The number of hydrogen-bond donors (Lipinski definition) is 1. The summed E-state index contributed by atoms with van der Waals surface area (Å²) in [6.07, 6.45) is 1.58. The molecule has 0 saturated carbocycles. The van der Waals surface area contributed by atoms with Gasteiger partial charge in [-0.05, 0) is 30.4 Å². The third-order valence-corrected chi connectivity index (χ3v) is 4.39. The van der Waals surface area contributed by atoms with Crippen molar-refractivity contribution in [3.05, 3.63) is 62.8 Å². The van der Waals surface area contributed by atoms with Gasteiger partial charge in [-0.3, -0.25) is 0 Å². The Morgan fingerprint density at radius 2 is 2.00 bits per heavy atom. The highest BCUT2D eigenvalue weighted by Gasteiger charge is 2.13. The first-order chi connectivity index (χ1) is 11.6. The SMILES string of the molecule is COc1ccccc1-c1n[nH]c(=S)n1/N=C/c1cccc(Cl)c1Cl. The molecule has 0 fully saturated rings. The molecule has 0 aliphatic carbocycles. The van der Waals surface area contributed by atoms with Gasteiger partial charge in [-0.15, -0.1) is 0 Å². The van der Waals surface area contributed by atoms with Crippen LogP contribution < -0.4 is 4.74 Å². The fourth-order valence-corrected chi connectivity index (χ4v) is 2.68. The molecule has 8 heteroatoms. The zero-order valence-electron chi connectivity index (χ0n) is 12.5. The number of benzene rings is 2. The van der Waals surface area contributed by atoms with Gasteiger partial charge in [0, 0.05) is 5.56 Å². The molecule has 1 heterocycles. The second-order valence-electron chi connectivity index (χ2n) is 4.75. The fraction of sp³-hybridized carbons (Fsp3) is 0.0625. The van der Waals surface area contributed by atoms with Gasteiger partial charge in [0.25, 0.3) is 0 Å². The lowest BCUT2D eigenvalue weighted by atomic mass is 10.2. The van der Waals surface area contributed by atoms with Gasteiger partial charge in [0.05, 0.1) is 28.9 Å². The van der Waals surface area contributed by atoms with Crippen molar-refractivity contribution in [2.75, 3.05) is 7.11 Å². The van der Waals surface area contributed by atoms with Crippen LogP contribution in [0.2, 0.25) is 10.0 Å². The van der Waals surface area contributed by atoms with E-state index in [1.165, 1.54) is 4.68 Å². The number of halogens is 2. The van der Waals surface area contributed by atoms with Gasteiger partial charge in [-0.1, -0.05) is 47.5 Å². The van der Waals surface area contributed by atoms with Crippen LogP contribution in [0.4, 0.5) is 0 Å². The lowest BCUT2D eigenvalue weighted by Gasteiger charge is -2.07. The van der Waals surface area contributed by atoms with Crippen LogP contribution in [-0.4, -0.2) is 28.2 Å². The molecule has 3 aromatic rings. The molecule has 122 valence electrons. The maximum Gasteiger partial charge on any atom is 0.216 e. The van der Waals surface area contributed by atoms with Crippen molar-refractivity contribution < 1.29 is 4.74 Å². The molecule has 24 heavy (non-hydrogen) atoms. The predicted octanol–water partition coefficient (Wildman–Crippen LogP) is 4.81. The van der Waals surface area contributed by atoms with Crippen LogP contribution >= 0.6 is 35.4 Å². The van der Waals surface area contributed by atoms with Crippen LogP contribution in [0.3, 0.4) is 0 Å². The average molecular weight is 379 g/mol. The van der Waals surface area contributed by atoms with Crippen molar-refractivity contribution in [3.63, 3.8) is 0 Å². The molecule has 2 aromatic carbocycles. The summed E-state index contributed by atoms with van der Waals surface area (Å²) < 4.78 is 7.23. The van der Waals surface area contributed by atoms with Gasteiger partial charge in [-0.25, -0.2) is 5.10 Å². The third-order valence-electron chi connectivity index (χ3n) is 3.29. The zero-order valence-corrected chi connectivity index (χ0v) is 14.9. The van der Waals surface area contributed by atoms with E-state index in [-0.39, 0.29) is 0 Å². The number of ether oxygens (including phenoxy) is 1. The van der Waals surface area contributed by atoms with E-state index in [0.29, 0.717) is 32.0 Å². The maximum atomic E-state index is 6.18. The summed E-state index contributed by atoms with van der Waals surface area (Å²) in [6.45, 7) is 0. The standard InChI is InChI=1S/C16H12Cl2N4OS/c1-23-13-8-3-2-6-11(13)15-20-21-16(24)22(15)19-9-10-5-4-7-12(17)14(10)18/h2-9H,1H3,(H,21,24)/b19-9+. The topological polar surface area (TPSA) is 55.2 Å². The van der Waals surface area contributed by atoms with Crippen LogP contribution in [0.1, 0.15) is 5.56 Å². The average Bonchev–Trinajstić information content (AvgIpc) is 2.97. The van der Waals surface area contributed by atoms with E-state index in [2.05, 4.69) is 15.3 Å². The summed E-state index contributed by atoms with van der Waals surface area (Å²) in [5.41, 5.74) is 1.44. The Labute approximate surface area is 153 Å². The van der Waals surface area contributed by atoms with Crippen molar-refractivity contribution in [1.82, 2.24) is 14.9 Å². The molecule has 0 saturated heterocycles. The van der Waals surface area contributed by atoms with Gasteiger partial charge in [0.1, 0.15) is 5.75 Å². The quantitative estimate of drug-likeness (QED) is 0.523. The first-order valence-electron chi connectivity index (χ1n) is 6.91. The number of rotatable bonds is 4. The molecule has 3 rings (SSSR count). The van der Waals surface area contributed by atoms with Gasteiger partial charge < -0.3 is 4.74 Å². The predicted molar refractivity (Wildman–Crippen MR) is 98.9 cm³/mol. The van der Waals surface area contributed by atoms with Crippen LogP contribution in [0.25, 0.3) is 11.4 Å². The van der Waals surface area contributed by atoms with E-state index in [0.717, 1.165) is 5.56 Å². The second kappa shape index (κ2) is 7.17. The van der Waals surface area contributed by atoms with Crippen molar-refractivity contribution >= 4 is 41.6 Å². The fourth-order valence-electron chi connectivity index (χ4n) is 2.14. The van der Waals surface area contributed by atoms with E-state index < -0.39 is 0 Å². The van der Waals surface area contributed by atoms with E-state index in [1.807, 2.05) is 30.3 Å². The number of methoxy groups -OCH3 is 1. The number of hydrogen-bond acceptors (Lipinski definition) is 4. The molecule has 0 unspecified atom stereocenters. The smallest absolute Gasteiger partial charge is 0.216 e. The molecule has 0 atom stereocenters. The number of nitrogens with zero attached hydrogens (tertiary/aromatic N) is 3. The van der Waals surface area contributed by atoms with Crippen LogP contribution in [0.15, 0.2) is 47.6 Å². The molecule has 0 radical (unpaired) electrons. The Hall–Kier alpha value is -2.15. The molecule has 1 N–H and O–H groups in total. The second-order valence-corrected chi connectivity index (χ2v) is 5.92. The highest BCUT2D eigenvalue weighted by atomic mass is 35.5. The van der Waals surface area contributed by atoms with Crippen molar-refractivity contribution in [2.24, 2.45) is 5.10 Å². The summed E-state index contributed by atoms with van der Waals surface area (Å²) in [4.78, 5) is 0. The number of nitrogens with one attached hydrogen (secondary N) is 1. The van der Waals surface area contributed by atoms with E-state index in [4.69, 9.17) is 40.2 Å². The largest absolute Gasteiger partial charge is 0.496 e. The summed E-state index contributed by atoms with van der Waals surface area (Å²) >= 11 is 17.4. The molecular formula is C16H12Cl2N4OS. The van der Waals surface area contributed by atoms with Crippen LogP contribution in [-0.2, 0) is 0 Å². The van der Waals surface area contributed by atoms with E-state index >= 15 is 0 Å². The lowest BCUT2D eigenvalue weighted by Crippen LogP contribution is -1.97. The van der Waals surface area contributed by atoms with E-state index in [9.17, 15) is 0 Å². The summed E-state index contributed by atoms with van der Waals surface area (Å²) in [5, 5.41) is 12.2. The number of H-pyrrole nitrogens is 1. The molecule has 1 aromatic heterocycles. The van der Waals surface area contributed by atoms with Gasteiger partial charge in [0.15, 0.2) is 5.82 Å². The summed E-state index contributed by atoms with van der Waals surface area (Å²) in [5.74, 6) is 1.20. The Balaban J connectivity index is 2.07. The Morgan fingerprint density at radius 1 is 1.21 bits per heavy atom. The summed E-state index contributed by atoms with van der Waals surface area (Å²) in [6, 6.07) is 12.8. The van der Waals surface area contributed by atoms with Gasteiger partial charge >= 0.3 is 0 Å². The molecule has 0 bridgehead atoms. The Kier molecular flexibility index (Phi) is 4.99. The van der Waals surface area contributed by atoms with Crippen molar-refractivity contribution in [3.8, 4) is 17.1 Å². The molecule has 0 amide bonds. The minimum Gasteiger partial charge on any atom is -0.496 e. The Bertz CT molecular complexity index is 965. The monoisotopic (exact) mass is 378 g/mol. The summed E-state index contributed by atoms with van der Waals surface area (Å²) in [7, 11) is 1.60. The first kappa shape index (κ1) is 16.7. The van der Waals surface area contributed by atoms with Gasteiger partial charge in [-0.2, -0.15) is 14.9 Å². The molecule has 0 aliphatic rings. The number of para-hydroxylation sites is 1. The van der Waals surface area contributed by atoms with Crippen molar-refractivity contribution in [1.29, 1.82) is 0 Å². The van der Waals surface area contributed by atoms with Crippen LogP contribution in [0.5, 0.6) is 5.75 Å². The number of aromatic amines is 1. The lowest BCUT2D eigenvalue weighted by molar-refractivity contribution is 0.416. The highest BCUT2D eigenvalue weighted by Crippen LogP contribution is 2.28. The molecule has 5 nitrogen and oxygen atoms in total. The number of aromatic nitrogens is 3. The zero-order chi connectivity index (χ0) is 17.1. The molecule has 0 aliphatic heterocycles. The molecule has 0 spiro atoms.